The van der Waals surface area contributed by atoms with Crippen LogP contribution in [0.4, 0.5) is 4.39 Å². The molecule has 122 valence electrons. The lowest BCUT2D eigenvalue weighted by molar-refractivity contribution is 0.0952. The first-order valence-electron chi connectivity index (χ1n) is 8.52. The summed E-state index contributed by atoms with van der Waals surface area (Å²) < 4.78 is 13.0. The highest BCUT2D eigenvalue weighted by Gasteiger charge is 2.08. The first-order chi connectivity index (χ1) is 10.8. The maximum atomic E-state index is 13.0. The number of unbranched alkanes of at least 4 members (excludes halogenated alkanes) is 2. The van der Waals surface area contributed by atoms with Crippen molar-refractivity contribution in [2.75, 3.05) is 26.2 Å². The minimum atomic E-state index is -0.370. The fourth-order valence-electron chi connectivity index (χ4n) is 2.93. The van der Waals surface area contributed by atoms with Gasteiger partial charge in [0.05, 0.1) is 0 Å². The number of rotatable bonds is 7. The molecule has 1 aromatic rings. The van der Waals surface area contributed by atoms with Crippen LogP contribution in [0, 0.1) is 5.82 Å². The molecule has 2 rings (SSSR count). The van der Waals surface area contributed by atoms with Crippen LogP contribution >= 0.6 is 0 Å². The second kappa shape index (κ2) is 9.57. The molecule has 1 fully saturated rings. The molecule has 1 saturated heterocycles. The van der Waals surface area contributed by atoms with Gasteiger partial charge in [0.2, 0.25) is 0 Å². The lowest BCUT2D eigenvalue weighted by Gasteiger charge is -2.19. The first kappa shape index (κ1) is 16.9. The molecule has 0 saturated carbocycles. The van der Waals surface area contributed by atoms with Gasteiger partial charge in [0.25, 0.3) is 5.91 Å². The van der Waals surface area contributed by atoms with Crippen molar-refractivity contribution in [3.05, 3.63) is 35.6 Å². The van der Waals surface area contributed by atoms with E-state index in [9.17, 15) is 9.18 Å². The summed E-state index contributed by atoms with van der Waals surface area (Å²) in [6.45, 7) is 4.33. The largest absolute Gasteiger partial charge is 0.352 e. The van der Waals surface area contributed by atoms with Crippen LogP contribution < -0.4 is 5.32 Å². The Hall–Kier alpha value is -1.42. The van der Waals surface area contributed by atoms with Gasteiger partial charge in [-0.05, 0) is 63.5 Å². The number of hydrogen-bond acceptors (Lipinski definition) is 2. The normalized spacial score (nSPS) is 16.2. The highest BCUT2D eigenvalue weighted by Crippen LogP contribution is 2.10. The predicted molar refractivity (Wildman–Crippen MR) is 87.5 cm³/mol. The number of benzene rings is 1. The van der Waals surface area contributed by atoms with Gasteiger partial charge in [-0.1, -0.05) is 25.3 Å². The van der Waals surface area contributed by atoms with Crippen LogP contribution in [0.3, 0.4) is 0 Å². The summed E-state index contributed by atoms with van der Waals surface area (Å²) in [7, 11) is 0. The summed E-state index contributed by atoms with van der Waals surface area (Å²) in [5.41, 5.74) is 0.393. The zero-order valence-electron chi connectivity index (χ0n) is 13.3. The summed E-state index contributed by atoms with van der Waals surface area (Å²) in [4.78, 5) is 14.4. The molecule has 0 aromatic heterocycles. The molecule has 3 nitrogen and oxygen atoms in total. The number of carbonyl (C=O) groups excluding carboxylic acids is 1. The Bertz CT molecular complexity index is 456. The molecule has 22 heavy (non-hydrogen) atoms. The first-order valence-corrected chi connectivity index (χ1v) is 8.52. The van der Waals surface area contributed by atoms with E-state index in [4.69, 9.17) is 0 Å². The Morgan fingerprint density at radius 2 is 1.86 bits per heavy atom. The lowest BCUT2D eigenvalue weighted by Crippen LogP contribution is -2.26. The van der Waals surface area contributed by atoms with Crippen molar-refractivity contribution < 1.29 is 9.18 Å². The fourth-order valence-corrected chi connectivity index (χ4v) is 2.93. The standard InChI is InChI=1S/C18H27FN2O/c19-17-10-8-9-16(15-17)18(22)20-11-4-3-7-14-21-12-5-1-2-6-13-21/h8-10,15H,1-7,11-14H2,(H,20,22). The van der Waals surface area contributed by atoms with E-state index in [1.165, 1.54) is 63.9 Å². The van der Waals surface area contributed by atoms with Crippen molar-refractivity contribution in [3.63, 3.8) is 0 Å². The Balaban J connectivity index is 1.54. The fraction of sp³-hybridized carbons (Fsp3) is 0.611. The molecule has 1 N–H and O–H groups in total. The lowest BCUT2D eigenvalue weighted by atomic mass is 10.2. The van der Waals surface area contributed by atoms with Crippen LogP contribution in [-0.4, -0.2) is 37.0 Å². The van der Waals surface area contributed by atoms with Gasteiger partial charge in [0.15, 0.2) is 0 Å². The summed E-state index contributed by atoms with van der Waals surface area (Å²) in [5.74, 6) is -0.558. The van der Waals surface area contributed by atoms with Gasteiger partial charge in [-0.15, -0.1) is 0 Å². The molecule has 0 aliphatic carbocycles. The number of hydrogen-bond donors (Lipinski definition) is 1. The Morgan fingerprint density at radius 1 is 1.09 bits per heavy atom. The van der Waals surface area contributed by atoms with Crippen molar-refractivity contribution in [3.8, 4) is 0 Å². The average Bonchev–Trinajstić information content (AvgIpc) is 2.79. The van der Waals surface area contributed by atoms with Crippen LogP contribution in [0.1, 0.15) is 55.3 Å². The molecular weight excluding hydrogens is 279 g/mol. The van der Waals surface area contributed by atoms with E-state index in [2.05, 4.69) is 10.2 Å². The van der Waals surface area contributed by atoms with E-state index in [0.717, 1.165) is 12.8 Å². The van der Waals surface area contributed by atoms with E-state index in [-0.39, 0.29) is 11.7 Å². The summed E-state index contributed by atoms with van der Waals surface area (Å²) in [6, 6.07) is 5.82. The smallest absolute Gasteiger partial charge is 0.251 e. The number of likely N-dealkylation sites (tertiary alicyclic amines) is 1. The van der Waals surface area contributed by atoms with Crippen LogP contribution in [0.5, 0.6) is 0 Å². The van der Waals surface area contributed by atoms with Gasteiger partial charge < -0.3 is 10.2 Å². The van der Waals surface area contributed by atoms with Crippen LogP contribution in [0.25, 0.3) is 0 Å². The van der Waals surface area contributed by atoms with Gasteiger partial charge in [-0.3, -0.25) is 4.79 Å². The van der Waals surface area contributed by atoms with E-state index in [1.807, 2.05) is 0 Å². The van der Waals surface area contributed by atoms with E-state index in [1.54, 1.807) is 12.1 Å². The minimum Gasteiger partial charge on any atom is -0.352 e. The maximum Gasteiger partial charge on any atom is 0.251 e. The molecule has 1 amide bonds. The molecule has 1 aliphatic heterocycles. The van der Waals surface area contributed by atoms with Crippen LogP contribution in [-0.2, 0) is 0 Å². The molecule has 0 bridgehead atoms. The summed E-state index contributed by atoms with van der Waals surface area (Å²) >= 11 is 0. The Morgan fingerprint density at radius 3 is 2.59 bits per heavy atom. The van der Waals surface area contributed by atoms with E-state index >= 15 is 0 Å². The summed E-state index contributed by atoms with van der Waals surface area (Å²) in [5, 5.41) is 2.86. The number of carbonyl (C=O) groups is 1. The van der Waals surface area contributed by atoms with Gasteiger partial charge >= 0.3 is 0 Å². The monoisotopic (exact) mass is 306 g/mol. The molecule has 0 radical (unpaired) electrons. The Labute approximate surface area is 132 Å². The third-order valence-electron chi connectivity index (χ3n) is 4.22. The van der Waals surface area contributed by atoms with Gasteiger partial charge in [0, 0.05) is 12.1 Å². The number of halogens is 1. The van der Waals surface area contributed by atoms with Crippen LogP contribution in [0.15, 0.2) is 24.3 Å². The van der Waals surface area contributed by atoms with Crippen molar-refractivity contribution in [1.29, 1.82) is 0 Å². The Kier molecular flexibility index (Phi) is 7.37. The number of nitrogens with one attached hydrogen (secondary N) is 1. The molecule has 0 atom stereocenters. The third kappa shape index (κ3) is 6.14. The maximum absolute atomic E-state index is 13.0. The molecule has 0 unspecified atom stereocenters. The second-order valence-corrected chi connectivity index (χ2v) is 6.08. The van der Waals surface area contributed by atoms with Crippen molar-refractivity contribution >= 4 is 5.91 Å². The van der Waals surface area contributed by atoms with Crippen molar-refractivity contribution in [2.45, 2.75) is 44.9 Å². The quantitative estimate of drug-likeness (QED) is 0.781. The SMILES string of the molecule is O=C(NCCCCCN1CCCCCC1)c1cccc(F)c1. The van der Waals surface area contributed by atoms with Gasteiger partial charge in [-0.25, -0.2) is 4.39 Å². The van der Waals surface area contributed by atoms with E-state index in [0.29, 0.717) is 12.1 Å². The molecular formula is C18H27FN2O. The molecule has 4 heteroatoms. The highest BCUT2D eigenvalue weighted by molar-refractivity contribution is 5.94. The van der Waals surface area contributed by atoms with Crippen molar-refractivity contribution in [1.82, 2.24) is 10.2 Å². The summed E-state index contributed by atoms with van der Waals surface area (Å²) in [6.07, 6.45) is 8.73. The third-order valence-corrected chi connectivity index (χ3v) is 4.22. The van der Waals surface area contributed by atoms with Crippen LogP contribution in [0.2, 0.25) is 0 Å². The topological polar surface area (TPSA) is 32.3 Å². The van der Waals surface area contributed by atoms with Gasteiger partial charge in [0.1, 0.15) is 5.82 Å². The molecule has 1 heterocycles. The zero-order chi connectivity index (χ0) is 15.6. The van der Waals surface area contributed by atoms with E-state index < -0.39 is 0 Å². The second-order valence-electron chi connectivity index (χ2n) is 6.08. The molecule has 1 aliphatic rings. The molecule has 1 aromatic carbocycles. The van der Waals surface area contributed by atoms with Gasteiger partial charge in [-0.2, -0.15) is 0 Å². The zero-order valence-corrected chi connectivity index (χ0v) is 13.3. The average molecular weight is 306 g/mol. The highest BCUT2D eigenvalue weighted by atomic mass is 19.1. The minimum absolute atomic E-state index is 0.188. The predicted octanol–water partition coefficient (Wildman–Crippen LogP) is 3.60. The number of nitrogens with zero attached hydrogens (tertiary/aromatic N) is 1. The van der Waals surface area contributed by atoms with Crippen molar-refractivity contribution in [2.24, 2.45) is 0 Å². The molecule has 0 spiro atoms. The number of amides is 1.